The number of amides is 1. The molecule has 26 heavy (non-hydrogen) atoms. The molecule has 1 aliphatic carbocycles. The topological polar surface area (TPSA) is 64.6 Å². The monoisotopic (exact) mass is 369 g/mol. The number of hydrogen-bond donors (Lipinski definition) is 1. The molecule has 1 aliphatic rings. The van der Waals surface area contributed by atoms with Crippen molar-refractivity contribution in [2.24, 2.45) is 0 Å². The van der Waals surface area contributed by atoms with E-state index >= 15 is 0 Å². The van der Waals surface area contributed by atoms with Crippen molar-refractivity contribution in [2.45, 2.75) is 109 Å². The third-order valence-electron chi connectivity index (χ3n) is 5.15. The van der Waals surface area contributed by atoms with Crippen LogP contribution in [-0.2, 0) is 14.3 Å². The molecule has 152 valence electrons. The Hall–Kier alpha value is -1.26. The van der Waals surface area contributed by atoms with Gasteiger partial charge in [-0.3, -0.25) is 0 Å². The third kappa shape index (κ3) is 8.91. The van der Waals surface area contributed by atoms with Crippen molar-refractivity contribution in [1.82, 2.24) is 5.32 Å². The molecule has 1 N–H and O–H groups in total. The highest BCUT2D eigenvalue weighted by Crippen LogP contribution is 2.31. The summed E-state index contributed by atoms with van der Waals surface area (Å²) in [6.07, 6.45) is 13.9. The van der Waals surface area contributed by atoms with Crippen molar-refractivity contribution in [2.75, 3.05) is 13.2 Å². The molecule has 0 saturated heterocycles. The molecular formula is C21H39NO4. The Kier molecular flexibility index (Phi) is 12.2. The molecule has 0 aromatic heterocycles. The van der Waals surface area contributed by atoms with Crippen LogP contribution >= 0.6 is 0 Å². The molecule has 0 aromatic rings. The minimum Gasteiger partial charge on any atom is -0.464 e. The van der Waals surface area contributed by atoms with Crippen molar-refractivity contribution in [3.8, 4) is 0 Å². The molecule has 1 saturated carbocycles. The Morgan fingerprint density at radius 3 is 1.88 bits per heavy atom. The van der Waals surface area contributed by atoms with E-state index in [9.17, 15) is 9.59 Å². The van der Waals surface area contributed by atoms with E-state index in [1.54, 1.807) is 0 Å². The molecule has 0 atom stereocenters. The number of carbonyl (C=O) groups is 2. The Bertz CT molecular complexity index is 391. The van der Waals surface area contributed by atoms with Gasteiger partial charge in [0.25, 0.3) is 0 Å². The summed E-state index contributed by atoms with van der Waals surface area (Å²) >= 11 is 0. The molecule has 1 rings (SSSR count). The van der Waals surface area contributed by atoms with Gasteiger partial charge in [-0.15, -0.1) is 0 Å². The highest BCUT2D eigenvalue weighted by molar-refractivity contribution is 5.86. The van der Waals surface area contributed by atoms with E-state index in [-0.39, 0.29) is 5.97 Å². The number of unbranched alkanes of at least 4 members (excludes halogenated alkanes) is 8. The van der Waals surface area contributed by atoms with Crippen LogP contribution in [0.5, 0.6) is 0 Å². The zero-order valence-corrected chi connectivity index (χ0v) is 16.9. The molecule has 0 radical (unpaired) electrons. The minimum atomic E-state index is -0.872. The highest BCUT2D eigenvalue weighted by Gasteiger charge is 2.44. The maximum absolute atomic E-state index is 12.6. The van der Waals surface area contributed by atoms with E-state index in [0.29, 0.717) is 26.1 Å². The second-order valence-electron chi connectivity index (χ2n) is 7.51. The number of alkyl carbamates (subject to hydrolysis) is 1. The zero-order valence-electron chi connectivity index (χ0n) is 16.9. The van der Waals surface area contributed by atoms with Crippen molar-refractivity contribution >= 4 is 12.1 Å². The smallest absolute Gasteiger partial charge is 0.408 e. The Labute approximate surface area is 159 Å². The van der Waals surface area contributed by atoms with E-state index in [1.807, 2.05) is 0 Å². The van der Waals surface area contributed by atoms with E-state index in [4.69, 9.17) is 9.47 Å². The van der Waals surface area contributed by atoms with Gasteiger partial charge in [0.1, 0.15) is 5.54 Å². The molecule has 0 aromatic carbocycles. The molecule has 0 bridgehead atoms. The average Bonchev–Trinajstić information content (AvgIpc) is 3.10. The van der Waals surface area contributed by atoms with Crippen LogP contribution < -0.4 is 5.32 Å². The number of nitrogens with one attached hydrogen (secondary N) is 1. The highest BCUT2D eigenvalue weighted by atomic mass is 16.6. The second-order valence-corrected chi connectivity index (χ2v) is 7.51. The number of hydrogen-bond acceptors (Lipinski definition) is 4. The van der Waals surface area contributed by atoms with Crippen LogP contribution in [0.3, 0.4) is 0 Å². The van der Waals surface area contributed by atoms with Gasteiger partial charge in [0.15, 0.2) is 0 Å². The third-order valence-corrected chi connectivity index (χ3v) is 5.15. The summed E-state index contributed by atoms with van der Waals surface area (Å²) in [5.74, 6) is -0.286. The largest absolute Gasteiger partial charge is 0.464 e. The van der Waals surface area contributed by atoms with Crippen molar-refractivity contribution in [3.05, 3.63) is 0 Å². The molecule has 5 nitrogen and oxygen atoms in total. The van der Waals surface area contributed by atoms with Crippen LogP contribution in [0.1, 0.15) is 104 Å². The summed E-state index contributed by atoms with van der Waals surface area (Å²) in [5.41, 5.74) is -0.872. The second kappa shape index (κ2) is 13.9. The van der Waals surface area contributed by atoms with Crippen LogP contribution in [-0.4, -0.2) is 30.8 Å². The minimum absolute atomic E-state index is 0.286. The van der Waals surface area contributed by atoms with Crippen molar-refractivity contribution in [3.63, 3.8) is 0 Å². The van der Waals surface area contributed by atoms with Crippen molar-refractivity contribution in [1.29, 1.82) is 0 Å². The van der Waals surface area contributed by atoms with E-state index in [2.05, 4.69) is 19.2 Å². The van der Waals surface area contributed by atoms with Crippen LogP contribution in [0.15, 0.2) is 0 Å². The standard InChI is InChI=1S/C21H39NO4/c1-3-5-7-9-10-14-17-25-19(23)21(15-11-12-16-21)22-20(24)26-18-13-8-6-4-2/h3-18H2,1-2H3,(H,22,24). The number of rotatable bonds is 14. The summed E-state index contributed by atoms with van der Waals surface area (Å²) in [7, 11) is 0. The van der Waals surface area contributed by atoms with Gasteiger partial charge in [-0.1, -0.05) is 78.1 Å². The predicted molar refractivity (Wildman–Crippen MR) is 104 cm³/mol. The Morgan fingerprint density at radius 1 is 0.769 bits per heavy atom. The van der Waals surface area contributed by atoms with Gasteiger partial charge in [-0.25, -0.2) is 9.59 Å². The summed E-state index contributed by atoms with van der Waals surface area (Å²) in [5, 5.41) is 2.82. The molecule has 1 amide bonds. The molecule has 0 aliphatic heterocycles. The maximum atomic E-state index is 12.6. The SMILES string of the molecule is CCCCCCCCOC(=O)C1(NC(=O)OCCCCCC)CCCC1. The van der Waals surface area contributed by atoms with Gasteiger partial charge < -0.3 is 14.8 Å². The lowest BCUT2D eigenvalue weighted by Gasteiger charge is -2.27. The van der Waals surface area contributed by atoms with Crippen LogP contribution in [0.2, 0.25) is 0 Å². The summed E-state index contributed by atoms with van der Waals surface area (Å²) in [4.78, 5) is 24.6. The predicted octanol–water partition coefficient (Wildman–Crippen LogP) is 5.51. The van der Waals surface area contributed by atoms with Crippen LogP contribution in [0, 0.1) is 0 Å². The molecule has 5 heteroatoms. The first kappa shape index (κ1) is 22.8. The molecule has 0 spiro atoms. The fourth-order valence-corrected chi connectivity index (χ4v) is 3.47. The van der Waals surface area contributed by atoms with Gasteiger partial charge in [-0.05, 0) is 25.7 Å². The number of ether oxygens (including phenoxy) is 2. The van der Waals surface area contributed by atoms with Crippen LogP contribution in [0.4, 0.5) is 4.79 Å². The molecule has 0 unspecified atom stereocenters. The molecule has 0 heterocycles. The number of esters is 1. The maximum Gasteiger partial charge on any atom is 0.408 e. The summed E-state index contributed by atoms with van der Waals surface area (Å²) < 4.78 is 10.7. The zero-order chi connectivity index (χ0) is 19.1. The van der Waals surface area contributed by atoms with Gasteiger partial charge in [0.05, 0.1) is 13.2 Å². The van der Waals surface area contributed by atoms with Crippen molar-refractivity contribution < 1.29 is 19.1 Å². The van der Waals surface area contributed by atoms with E-state index in [0.717, 1.165) is 51.4 Å². The lowest BCUT2D eigenvalue weighted by atomic mass is 9.98. The van der Waals surface area contributed by atoms with Crippen LogP contribution in [0.25, 0.3) is 0 Å². The fraction of sp³-hybridized carbons (Fsp3) is 0.905. The van der Waals surface area contributed by atoms with Gasteiger partial charge in [-0.2, -0.15) is 0 Å². The molecule has 1 fully saturated rings. The van der Waals surface area contributed by atoms with Gasteiger partial charge in [0, 0.05) is 0 Å². The summed E-state index contributed by atoms with van der Waals surface area (Å²) in [6.45, 7) is 5.20. The van der Waals surface area contributed by atoms with Gasteiger partial charge >= 0.3 is 12.1 Å². The molecular weight excluding hydrogens is 330 g/mol. The Balaban J connectivity index is 2.28. The lowest BCUT2D eigenvalue weighted by molar-refractivity contribution is -0.151. The number of carbonyl (C=O) groups excluding carboxylic acids is 2. The Morgan fingerprint density at radius 2 is 1.27 bits per heavy atom. The lowest BCUT2D eigenvalue weighted by Crippen LogP contribution is -2.53. The van der Waals surface area contributed by atoms with E-state index < -0.39 is 11.6 Å². The average molecular weight is 370 g/mol. The fourth-order valence-electron chi connectivity index (χ4n) is 3.47. The first-order chi connectivity index (χ1) is 12.6. The quantitative estimate of drug-likeness (QED) is 0.324. The van der Waals surface area contributed by atoms with Gasteiger partial charge in [0.2, 0.25) is 0 Å². The van der Waals surface area contributed by atoms with E-state index in [1.165, 1.54) is 25.7 Å². The first-order valence-corrected chi connectivity index (χ1v) is 10.8. The normalized spacial score (nSPS) is 15.6. The summed E-state index contributed by atoms with van der Waals surface area (Å²) in [6, 6.07) is 0. The first-order valence-electron chi connectivity index (χ1n) is 10.8.